The van der Waals surface area contributed by atoms with Gasteiger partial charge in [0, 0.05) is 5.02 Å². The number of hydrogen-bond donors (Lipinski definition) is 3. The molecule has 0 fully saturated rings. The summed E-state index contributed by atoms with van der Waals surface area (Å²) in [5, 5.41) is 2.94. The van der Waals surface area contributed by atoms with Gasteiger partial charge in [-0.15, -0.1) is 0 Å². The molecular formula is C14H12ClF3N4O2. The number of nitrogens with two attached hydrogens (primary N) is 1. The van der Waals surface area contributed by atoms with Gasteiger partial charge in [-0.1, -0.05) is 11.6 Å². The van der Waals surface area contributed by atoms with E-state index >= 15 is 0 Å². The van der Waals surface area contributed by atoms with Gasteiger partial charge in [0.25, 0.3) is 5.91 Å². The summed E-state index contributed by atoms with van der Waals surface area (Å²) in [7, 11) is 1.38. The Bertz CT molecular complexity index is 768. The first-order valence-electron chi connectivity index (χ1n) is 6.46. The average molecular weight is 361 g/mol. The number of aromatic nitrogens is 1. The standard InChI is InChI=1S/C14H12ClF3N4O2/c1-24-10-4-2-7(15)6-9(10)20-12-8(13(23)22-19)3-5-11(21-12)14(16,17)18/h2-6H,19H2,1H3,(H,20,21)(H,22,23). The van der Waals surface area contributed by atoms with E-state index in [0.29, 0.717) is 16.8 Å². The number of pyridine rings is 1. The monoisotopic (exact) mass is 360 g/mol. The second kappa shape index (κ2) is 6.93. The van der Waals surface area contributed by atoms with Crippen molar-refractivity contribution in [1.29, 1.82) is 0 Å². The van der Waals surface area contributed by atoms with Crippen LogP contribution in [0.2, 0.25) is 5.02 Å². The summed E-state index contributed by atoms with van der Waals surface area (Å²) in [6.45, 7) is 0. The smallest absolute Gasteiger partial charge is 0.433 e. The number of carbonyl (C=O) groups is 1. The van der Waals surface area contributed by atoms with Gasteiger partial charge < -0.3 is 10.1 Å². The average Bonchev–Trinajstić information content (AvgIpc) is 2.53. The molecule has 1 amide bonds. The number of carbonyl (C=O) groups excluding carboxylic acids is 1. The highest BCUT2D eigenvalue weighted by Crippen LogP contribution is 2.33. The molecule has 0 atom stereocenters. The van der Waals surface area contributed by atoms with Crippen LogP contribution in [0.5, 0.6) is 5.75 Å². The Labute approximate surface area is 139 Å². The molecule has 0 saturated heterocycles. The lowest BCUT2D eigenvalue weighted by Gasteiger charge is -2.15. The Morgan fingerprint density at radius 1 is 1.29 bits per heavy atom. The number of benzene rings is 1. The molecule has 24 heavy (non-hydrogen) atoms. The van der Waals surface area contributed by atoms with Crippen LogP contribution in [0.25, 0.3) is 0 Å². The molecule has 1 aromatic heterocycles. The van der Waals surface area contributed by atoms with E-state index in [1.165, 1.54) is 19.2 Å². The van der Waals surface area contributed by atoms with Crippen molar-refractivity contribution in [3.63, 3.8) is 0 Å². The lowest BCUT2D eigenvalue weighted by Crippen LogP contribution is -2.31. The van der Waals surface area contributed by atoms with Crippen LogP contribution in [0.1, 0.15) is 16.1 Å². The summed E-state index contributed by atoms with van der Waals surface area (Å²) >= 11 is 5.88. The summed E-state index contributed by atoms with van der Waals surface area (Å²) < 4.78 is 43.7. The van der Waals surface area contributed by atoms with E-state index < -0.39 is 17.8 Å². The van der Waals surface area contributed by atoms with Crippen molar-refractivity contribution in [2.24, 2.45) is 5.84 Å². The number of nitrogens with one attached hydrogen (secondary N) is 2. The van der Waals surface area contributed by atoms with Gasteiger partial charge in [0.2, 0.25) is 0 Å². The van der Waals surface area contributed by atoms with Crippen LogP contribution >= 0.6 is 11.6 Å². The molecule has 10 heteroatoms. The highest BCUT2D eigenvalue weighted by Gasteiger charge is 2.33. The summed E-state index contributed by atoms with van der Waals surface area (Å²) in [6, 6.07) is 6.13. The van der Waals surface area contributed by atoms with Crippen molar-refractivity contribution in [2.45, 2.75) is 6.18 Å². The Hall–Kier alpha value is -2.52. The minimum absolute atomic E-state index is 0.174. The molecule has 2 rings (SSSR count). The van der Waals surface area contributed by atoms with Crippen LogP contribution in [0.4, 0.5) is 24.7 Å². The number of nitrogen functional groups attached to an aromatic ring is 1. The Balaban J connectivity index is 2.54. The van der Waals surface area contributed by atoms with E-state index in [2.05, 4.69) is 10.3 Å². The molecule has 0 spiro atoms. The first-order valence-corrected chi connectivity index (χ1v) is 6.83. The van der Waals surface area contributed by atoms with Gasteiger partial charge in [-0.2, -0.15) is 13.2 Å². The first kappa shape index (κ1) is 17.8. The number of methoxy groups -OCH3 is 1. The van der Waals surface area contributed by atoms with Crippen molar-refractivity contribution in [1.82, 2.24) is 10.4 Å². The van der Waals surface area contributed by atoms with Crippen molar-refractivity contribution >= 4 is 29.0 Å². The molecule has 0 aliphatic carbocycles. The fraction of sp³-hybridized carbons (Fsp3) is 0.143. The lowest BCUT2D eigenvalue weighted by molar-refractivity contribution is -0.141. The number of ether oxygens (including phenoxy) is 1. The Kier molecular flexibility index (Phi) is 5.15. The quantitative estimate of drug-likeness (QED) is 0.443. The number of hydrazine groups is 1. The third-order valence-electron chi connectivity index (χ3n) is 2.98. The van der Waals surface area contributed by atoms with E-state index in [1.807, 2.05) is 5.43 Å². The molecule has 6 nitrogen and oxygen atoms in total. The topological polar surface area (TPSA) is 89.3 Å². The zero-order valence-electron chi connectivity index (χ0n) is 12.2. The van der Waals surface area contributed by atoms with E-state index in [0.717, 1.165) is 6.07 Å². The highest BCUT2D eigenvalue weighted by molar-refractivity contribution is 6.31. The number of amides is 1. The molecule has 0 radical (unpaired) electrons. The second-order valence-corrected chi connectivity index (χ2v) is 4.97. The van der Waals surface area contributed by atoms with Crippen molar-refractivity contribution < 1.29 is 22.7 Å². The van der Waals surface area contributed by atoms with E-state index in [4.69, 9.17) is 22.2 Å². The number of rotatable bonds is 4. The molecule has 4 N–H and O–H groups in total. The maximum Gasteiger partial charge on any atom is 0.433 e. The molecule has 0 bridgehead atoms. The molecule has 0 unspecified atom stereocenters. The molecule has 0 saturated carbocycles. The number of alkyl halides is 3. The minimum Gasteiger partial charge on any atom is -0.495 e. The maximum atomic E-state index is 12.9. The molecule has 0 aliphatic heterocycles. The molecule has 0 aliphatic rings. The van der Waals surface area contributed by atoms with Gasteiger partial charge in [0.15, 0.2) is 0 Å². The number of nitrogens with zero attached hydrogens (tertiary/aromatic N) is 1. The third-order valence-corrected chi connectivity index (χ3v) is 3.21. The first-order chi connectivity index (χ1) is 11.3. The van der Waals surface area contributed by atoms with Gasteiger partial charge in [-0.3, -0.25) is 10.2 Å². The number of halogens is 4. The van der Waals surface area contributed by atoms with Crippen LogP contribution < -0.4 is 21.3 Å². The van der Waals surface area contributed by atoms with Crippen LogP contribution in [0.15, 0.2) is 30.3 Å². The normalized spacial score (nSPS) is 11.1. The predicted molar refractivity (Wildman–Crippen MR) is 82.2 cm³/mol. The van der Waals surface area contributed by atoms with Crippen LogP contribution in [0.3, 0.4) is 0 Å². The van der Waals surface area contributed by atoms with Gasteiger partial charge in [0.1, 0.15) is 17.3 Å². The van der Waals surface area contributed by atoms with Crippen LogP contribution in [0, 0.1) is 0 Å². The summed E-state index contributed by atoms with van der Waals surface area (Å²) in [4.78, 5) is 15.2. The summed E-state index contributed by atoms with van der Waals surface area (Å²) in [5.74, 6) is 4.21. The van der Waals surface area contributed by atoms with Crippen LogP contribution in [-0.2, 0) is 6.18 Å². The Morgan fingerprint density at radius 2 is 2.00 bits per heavy atom. The fourth-order valence-electron chi connectivity index (χ4n) is 1.88. The molecule has 1 aromatic carbocycles. The van der Waals surface area contributed by atoms with Gasteiger partial charge >= 0.3 is 6.18 Å². The van der Waals surface area contributed by atoms with Gasteiger partial charge in [-0.05, 0) is 30.3 Å². The number of anilines is 2. The zero-order chi connectivity index (χ0) is 17.9. The predicted octanol–water partition coefficient (Wildman–Crippen LogP) is 3.11. The molecule has 1 heterocycles. The van der Waals surface area contributed by atoms with E-state index in [-0.39, 0.29) is 17.1 Å². The maximum absolute atomic E-state index is 12.9. The van der Waals surface area contributed by atoms with Crippen molar-refractivity contribution in [3.05, 3.63) is 46.6 Å². The zero-order valence-corrected chi connectivity index (χ0v) is 13.0. The second-order valence-electron chi connectivity index (χ2n) is 4.53. The van der Waals surface area contributed by atoms with E-state index in [9.17, 15) is 18.0 Å². The summed E-state index contributed by atoms with van der Waals surface area (Å²) in [6.07, 6.45) is -4.67. The van der Waals surface area contributed by atoms with Crippen molar-refractivity contribution in [3.8, 4) is 5.75 Å². The Morgan fingerprint density at radius 3 is 2.58 bits per heavy atom. The SMILES string of the molecule is COc1ccc(Cl)cc1Nc1nc(C(F)(F)F)ccc1C(=O)NN. The number of hydrogen-bond acceptors (Lipinski definition) is 5. The lowest BCUT2D eigenvalue weighted by atomic mass is 10.2. The van der Waals surface area contributed by atoms with E-state index in [1.54, 1.807) is 6.07 Å². The van der Waals surface area contributed by atoms with Gasteiger partial charge in [-0.25, -0.2) is 10.8 Å². The summed E-state index contributed by atoms with van der Waals surface area (Å²) in [5.41, 5.74) is 0.746. The highest BCUT2D eigenvalue weighted by atomic mass is 35.5. The van der Waals surface area contributed by atoms with Crippen molar-refractivity contribution in [2.75, 3.05) is 12.4 Å². The third kappa shape index (κ3) is 3.87. The molecule has 2 aromatic rings. The van der Waals surface area contributed by atoms with Crippen LogP contribution in [-0.4, -0.2) is 18.0 Å². The fourth-order valence-corrected chi connectivity index (χ4v) is 2.05. The molecule has 128 valence electrons. The molecular weight excluding hydrogens is 349 g/mol. The minimum atomic E-state index is -4.67. The largest absolute Gasteiger partial charge is 0.495 e. The van der Waals surface area contributed by atoms with Gasteiger partial charge in [0.05, 0.1) is 18.4 Å².